The van der Waals surface area contributed by atoms with Crippen molar-refractivity contribution in [3.63, 3.8) is 0 Å². The Kier molecular flexibility index (Phi) is 8.47. The van der Waals surface area contributed by atoms with Crippen LogP contribution in [0.1, 0.15) is 51.4 Å². The van der Waals surface area contributed by atoms with E-state index in [4.69, 9.17) is 18.9 Å². The smallest absolute Gasteiger partial charge is 0.314 e. The number of epoxide rings is 1. The fourth-order valence-electron chi connectivity index (χ4n) is 5.68. The van der Waals surface area contributed by atoms with Gasteiger partial charge in [-0.1, -0.05) is 12.1 Å². The molecule has 37 heavy (non-hydrogen) atoms. The predicted molar refractivity (Wildman–Crippen MR) is 130 cm³/mol. The van der Waals surface area contributed by atoms with E-state index >= 15 is 0 Å². The van der Waals surface area contributed by atoms with Crippen molar-refractivity contribution in [2.24, 2.45) is 17.8 Å². The first kappa shape index (κ1) is 26.2. The molecule has 1 atom stereocenters. The Bertz CT molecular complexity index is 1030. The topological polar surface area (TPSA) is 57.3 Å². The lowest BCUT2D eigenvalue weighted by atomic mass is 9.70. The molecule has 0 aromatic heterocycles. The van der Waals surface area contributed by atoms with Crippen LogP contribution in [0.2, 0.25) is 0 Å². The van der Waals surface area contributed by atoms with E-state index < -0.39 is 17.5 Å². The number of carbonyl (C=O) groups excluding carboxylic acids is 1. The summed E-state index contributed by atoms with van der Waals surface area (Å²) in [6.45, 7) is 1.75. The monoisotopic (exact) mass is 518 g/mol. The molecule has 200 valence electrons. The molecular weight excluding hydrogens is 485 g/mol. The number of esters is 1. The number of hydrogen-bond donors (Lipinski definition) is 0. The molecule has 1 saturated heterocycles. The first-order valence-electron chi connectivity index (χ1n) is 13.2. The third-order valence-electron chi connectivity index (χ3n) is 7.97. The Labute approximate surface area is 215 Å². The second-order valence-corrected chi connectivity index (χ2v) is 10.5. The van der Waals surface area contributed by atoms with Gasteiger partial charge in [0.1, 0.15) is 18.6 Å². The third kappa shape index (κ3) is 6.92. The van der Waals surface area contributed by atoms with E-state index in [0.29, 0.717) is 36.5 Å². The molecule has 0 N–H and O–H groups in total. The normalized spacial score (nSPS) is 27.6. The molecule has 3 fully saturated rings. The van der Waals surface area contributed by atoms with Crippen LogP contribution in [0.25, 0.3) is 11.1 Å². The largest absolute Gasteiger partial charge is 0.426 e. The van der Waals surface area contributed by atoms with Crippen molar-refractivity contribution in [3.8, 4) is 16.9 Å². The summed E-state index contributed by atoms with van der Waals surface area (Å²) in [5.41, 5.74) is 0.712. The lowest BCUT2D eigenvalue weighted by Crippen LogP contribution is -2.31. The second-order valence-electron chi connectivity index (χ2n) is 10.5. The highest BCUT2D eigenvalue weighted by Gasteiger charge is 2.34. The van der Waals surface area contributed by atoms with Crippen LogP contribution in [0.3, 0.4) is 0 Å². The maximum absolute atomic E-state index is 13.5. The number of rotatable bonds is 9. The highest BCUT2D eigenvalue weighted by atomic mass is 19.2. The molecule has 0 spiro atoms. The number of benzene rings is 2. The summed E-state index contributed by atoms with van der Waals surface area (Å²) in [6.07, 6.45) is 8.67. The molecule has 0 amide bonds. The van der Waals surface area contributed by atoms with Gasteiger partial charge in [-0.25, -0.2) is 13.2 Å². The first-order valence-corrected chi connectivity index (χ1v) is 13.2. The van der Waals surface area contributed by atoms with Gasteiger partial charge in [0.05, 0.1) is 25.2 Å². The highest BCUT2D eigenvalue weighted by Crippen LogP contribution is 2.41. The maximum Gasteiger partial charge on any atom is 0.314 e. The van der Waals surface area contributed by atoms with Crippen molar-refractivity contribution in [1.29, 1.82) is 0 Å². The van der Waals surface area contributed by atoms with Crippen LogP contribution in [0.5, 0.6) is 5.75 Å². The quantitative estimate of drug-likeness (QED) is 0.0956. The number of halogens is 3. The molecule has 8 heteroatoms. The van der Waals surface area contributed by atoms with Crippen molar-refractivity contribution in [1.82, 2.24) is 0 Å². The van der Waals surface area contributed by atoms with E-state index in [-0.39, 0.29) is 29.7 Å². The van der Waals surface area contributed by atoms with Gasteiger partial charge in [0, 0.05) is 0 Å². The van der Waals surface area contributed by atoms with Crippen LogP contribution in [0.4, 0.5) is 13.2 Å². The summed E-state index contributed by atoms with van der Waals surface area (Å²) in [5, 5.41) is 0. The summed E-state index contributed by atoms with van der Waals surface area (Å²) >= 11 is 0. The Morgan fingerprint density at radius 2 is 1.43 bits per heavy atom. The number of ether oxygens (including phenoxy) is 4. The molecule has 2 aliphatic carbocycles. The minimum atomic E-state index is -1.49. The summed E-state index contributed by atoms with van der Waals surface area (Å²) < 4.78 is 62.3. The van der Waals surface area contributed by atoms with Crippen LogP contribution in [-0.4, -0.2) is 38.2 Å². The SMILES string of the molecule is O=C(Oc1ccc(-c2cc(F)c(F)c(F)c2)cc1)C1CCC(C2CCC(OCOCC3CO3)CC2)CC1. The molecule has 0 radical (unpaired) electrons. The Morgan fingerprint density at radius 1 is 0.838 bits per heavy atom. The molecule has 0 bridgehead atoms. The van der Waals surface area contributed by atoms with Crippen molar-refractivity contribution in [2.45, 2.75) is 63.6 Å². The van der Waals surface area contributed by atoms with E-state index in [1.165, 1.54) is 0 Å². The predicted octanol–water partition coefficient (Wildman–Crippen LogP) is 6.43. The molecule has 1 aliphatic heterocycles. The fourth-order valence-corrected chi connectivity index (χ4v) is 5.68. The van der Waals surface area contributed by atoms with E-state index in [9.17, 15) is 18.0 Å². The standard InChI is InChI=1S/C29H33F3O5/c30-26-13-22(14-27(31)28(26)32)20-7-11-24(12-8-20)37-29(33)21-3-1-18(2-4-21)19-5-9-23(10-6-19)36-17-34-15-25-16-35-25/h7-8,11-14,18-19,21,23,25H,1-6,9-10,15-17H2. The van der Waals surface area contributed by atoms with Crippen LogP contribution in [0, 0.1) is 35.2 Å². The minimum Gasteiger partial charge on any atom is -0.426 e. The summed E-state index contributed by atoms with van der Waals surface area (Å²) in [6, 6.07) is 8.25. The summed E-state index contributed by atoms with van der Waals surface area (Å²) in [5.74, 6) is -2.63. The zero-order valence-corrected chi connectivity index (χ0v) is 20.8. The van der Waals surface area contributed by atoms with Gasteiger partial charge in [-0.3, -0.25) is 4.79 Å². The zero-order chi connectivity index (χ0) is 25.8. The van der Waals surface area contributed by atoms with Crippen LogP contribution in [0.15, 0.2) is 36.4 Å². The minimum absolute atomic E-state index is 0.122. The van der Waals surface area contributed by atoms with Crippen molar-refractivity contribution < 1.29 is 36.9 Å². The van der Waals surface area contributed by atoms with Crippen molar-refractivity contribution >= 4 is 5.97 Å². The highest BCUT2D eigenvalue weighted by molar-refractivity contribution is 5.75. The number of hydrogen-bond acceptors (Lipinski definition) is 5. The number of carbonyl (C=O) groups is 1. The van der Waals surface area contributed by atoms with Gasteiger partial charge in [0.15, 0.2) is 17.5 Å². The fraction of sp³-hybridized carbons (Fsp3) is 0.552. The second kappa shape index (κ2) is 12.0. The molecule has 1 heterocycles. The van der Waals surface area contributed by atoms with E-state index in [0.717, 1.165) is 70.1 Å². The molecule has 1 unspecified atom stereocenters. The molecule has 5 rings (SSSR count). The first-order chi connectivity index (χ1) is 18.0. The zero-order valence-electron chi connectivity index (χ0n) is 20.8. The van der Waals surface area contributed by atoms with Crippen LogP contribution in [-0.2, 0) is 19.0 Å². The molecule has 2 aromatic carbocycles. The average Bonchev–Trinajstić information content (AvgIpc) is 3.75. The van der Waals surface area contributed by atoms with Crippen LogP contribution < -0.4 is 4.74 Å². The van der Waals surface area contributed by atoms with Gasteiger partial charge in [0.2, 0.25) is 0 Å². The van der Waals surface area contributed by atoms with Gasteiger partial charge in [0.25, 0.3) is 0 Å². The van der Waals surface area contributed by atoms with Gasteiger partial charge >= 0.3 is 5.97 Å². The van der Waals surface area contributed by atoms with Gasteiger partial charge in [-0.2, -0.15) is 0 Å². The van der Waals surface area contributed by atoms with E-state index in [1.54, 1.807) is 24.3 Å². The van der Waals surface area contributed by atoms with Crippen molar-refractivity contribution in [3.05, 3.63) is 53.8 Å². The van der Waals surface area contributed by atoms with Crippen molar-refractivity contribution in [2.75, 3.05) is 20.0 Å². The molecule has 2 aromatic rings. The summed E-state index contributed by atoms with van der Waals surface area (Å²) in [7, 11) is 0. The Morgan fingerprint density at radius 3 is 2.03 bits per heavy atom. The Balaban J connectivity index is 1.03. The summed E-state index contributed by atoms with van der Waals surface area (Å²) in [4.78, 5) is 12.7. The van der Waals surface area contributed by atoms with Gasteiger partial charge in [-0.15, -0.1) is 0 Å². The van der Waals surface area contributed by atoms with Gasteiger partial charge in [-0.05, 0) is 98.6 Å². The average molecular weight is 519 g/mol. The van der Waals surface area contributed by atoms with Crippen LogP contribution >= 0.6 is 0 Å². The van der Waals surface area contributed by atoms with E-state index in [1.807, 2.05) is 0 Å². The molecular formula is C29H33F3O5. The van der Waals surface area contributed by atoms with E-state index in [2.05, 4.69) is 0 Å². The third-order valence-corrected chi connectivity index (χ3v) is 7.97. The molecule has 5 nitrogen and oxygen atoms in total. The lowest BCUT2D eigenvalue weighted by Gasteiger charge is -2.37. The lowest BCUT2D eigenvalue weighted by molar-refractivity contribution is -0.140. The Hall–Kier alpha value is -2.42. The van der Waals surface area contributed by atoms with Gasteiger partial charge < -0.3 is 18.9 Å². The molecule has 3 aliphatic rings. The molecule has 2 saturated carbocycles. The maximum atomic E-state index is 13.5.